The van der Waals surface area contributed by atoms with Crippen LogP contribution in [-0.4, -0.2) is 45.2 Å². The molecular formula is C18H19F2N5O2. The third-order valence-corrected chi connectivity index (χ3v) is 4.81. The molecule has 1 aliphatic rings. The van der Waals surface area contributed by atoms with Crippen molar-refractivity contribution in [3.8, 4) is 23.1 Å². The van der Waals surface area contributed by atoms with Crippen LogP contribution in [0.4, 0.5) is 8.78 Å². The molecule has 0 spiro atoms. The lowest BCUT2D eigenvalue weighted by atomic mass is 10.1. The standard InChI is InChI=1S/C18H19F2N5O2/c1-4-9-8-25-16(22-9)12(10-5-11(10)15(19)20)6-14(24-25)13-7-21-18(27-3)23-17(13)26-2/h6-8,10-11,15H,4-5H2,1-3H3/t10-,11-/m0/s1. The number of aromatic nitrogens is 5. The fourth-order valence-electron chi connectivity index (χ4n) is 3.25. The Morgan fingerprint density at radius 3 is 2.70 bits per heavy atom. The number of rotatable bonds is 6. The van der Waals surface area contributed by atoms with Gasteiger partial charge in [-0.3, -0.25) is 0 Å². The summed E-state index contributed by atoms with van der Waals surface area (Å²) < 4.78 is 38.3. The highest BCUT2D eigenvalue weighted by Gasteiger charge is 2.46. The second-order valence-corrected chi connectivity index (χ2v) is 6.46. The third-order valence-electron chi connectivity index (χ3n) is 4.81. The van der Waals surface area contributed by atoms with E-state index in [2.05, 4.69) is 20.1 Å². The summed E-state index contributed by atoms with van der Waals surface area (Å²) in [5.41, 5.74) is 3.34. The largest absolute Gasteiger partial charge is 0.480 e. The zero-order valence-electron chi connectivity index (χ0n) is 15.2. The molecule has 7 nitrogen and oxygen atoms in total. The van der Waals surface area contributed by atoms with Crippen molar-refractivity contribution in [3.05, 3.63) is 29.7 Å². The molecule has 0 amide bonds. The van der Waals surface area contributed by atoms with Crippen LogP contribution in [0.2, 0.25) is 0 Å². The molecule has 0 unspecified atom stereocenters. The second kappa shape index (κ2) is 6.71. The maximum Gasteiger partial charge on any atom is 0.319 e. The Labute approximate surface area is 154 Å². The van der Waals surface area contributed by atoms with Crippen LogP contribution in [0.25, 0.3) is 16.9 Å². The van der Waals surface area contributed by atoms with E-state index in [1.807, 2.05) is 13.1 Å². The SMILES string of the molecule is CCc1cn2nc(-c3cnc(OC)nc3OC)cc([C@H]3C[C@@H]3C(F)F)c2n1. The van der Waals surface area contributed by atoms with Crippen molar-refractivity contribution in [2.45, 2.75) is 32.1 Å². The predicted octanol–water partition coefficient (Wildman–Crippen LogP) is 3.13. The van der Waals surface area contributed by atoms with E-state index in [4.69, 9.17) is 9.47 Å². The van der Waals surface area contributed by atoms with Crippen LogP contribution in [0.15, 0.2) is 18.5 Å². The van der Waals surface area contributed by atoms with Crippen molar-refractivity contribution >= 4 is 5.65 Å². The molecule has 3 heterocycles. The number of alkyl halides is 2. The molecule has 0 N–H and O–H groups in total. The molecule has 0 radical (unpaired) electrons. The minimum Gasteiger partial charge on any atom is -0.480 e. The molecule has 2 atom stereocenters. The van der Waals surface area contributed by atoms with Crippen LogP contribution >= 0.6 is 0 Å². The molecule has 0 aromatic carbocycles. The average molecular weight is 375 g/mol. The fourth-order valence-corrected chi connectivity index (χ4v) is 3.25. The van der Waals surface area contributed by atoms with Crippen LogP contribution in [-0.2, 0) is 6.42 Å². The molecule has 0 saturated heterocycles. The van der Waals surface area contributed by atoms with Gasteiger partial charge in [-0.05, 0) is 24.8 Å². The number of methoxy groups -OCH3 is 2. The summed E-state index contributed by atoms with van der Waals surface area (Å²) in [5.74, 6) is -0.567. The van der Waals surface area contributed by atoms with E-state index in [9.17, 15) is 8.78 Å². The number of hydrogen-bond donors (Lipinski definition) is 0. The molecule has 1 saturated carbocycles. The van der Waals surface area contributed by atoms with Gasteiger partial charge in [0.2, 0.25) is 12.3 Å². The van der Waals surface area contributed by atoms with Crippen LogP contribution < -0.4 is 9.47 Å². The molecule has 1 fully saturated rings. The minimum atomic E-state index is -2.34. The van der Waals surface area contributed by atoms with Crippen molar-refractivity contribution in [3.63, 3.8) is 0 Å². The first kappa shape index (κ1) is 17.6. The normalized spacial score (nSPS) is 18.9. The summed E-state index contributed by atoms with van der Waals surface area (Å²) in [6, 6.07) is 1.97. The zero-order chi connectivity index (χ0) is 19.1. The molecule has 0 aliphatic heterocycles. The number of aryl methyl sites for hydroxylation is 1. The van der Waals surface area contributed by atoms with Crippen LogP contribution in [0.1, 0.15) is 30.5 Å². The lowest BCUT2D eigenvalue weighted by Crippen LogP contribution is -2.03. The van der Waals surface area contributed by atoms with E-state index in [0.29, 0.717) is 29.2 Å². The van der Waals surface area contributed by atoms with Crippen molar-refractivity contribution in [2.24, 2.45) is 5.92 Å². The Hall–Kier alpha value is -2.84. The van der Waals surface area contributed by atoms with E-state index < -0.39 is 12.3 Å². The Balaban J connectivity index is 1.87. The van der Waals surface area contributed by atoms with Crippen molar-refractivity contribution in [1.82, 2.24) is 24.6 Å². The summed E-state index contributed by atoms with van der Waals surface area (Å²) in [6.45, 7) is 1.99. The molecule has 3 aromatic rings. The van der Waals surface area contributed by atoms with Gasteiger partial charge in [0.25, 0.3) is 0 Å². The second-order valence-electron chi connectivity index (χ2n) is 6.46. The van der Waals surface area contributed by atoms with Crippen molar-refractivity contribution in [2.75, 3.05) is 14.2 Å². The van der Waals surface area contributed by atoms with Gasteiger partial charge in [-0.1, -0.05) is 6.92 Å². The Morgan fingerprint density at radius 1 is 1.26 bits per heavy atom. The van der Waals surface area contributed by atoms with Gasteiger partial charge in [0.1, 0.15) is 0 Å². The van der Waals surface area contributed by atoms with E-state index in [1.165, 1.54) is 14.2 Å². The molecule has 3 aromatic heterocycles. The summed E-state index contributed by atoms with van der Waals surface area (Å²) >= 11 is 0. The first-order chi connectivity index (χ1) is 13.0. The van der Waals surface area contributed by atoms with Crippen LogP contribution in [0.5, 0.6) is 11.9 Å². The number of hydrogen-bond acceptors (Lipinski definition) is 6. The first-order valence-electron chi connectivity index (χ1n) is 8.68. The summed E-state index contributed by atoms with van der Waals surface area (Å²) in [6.07, 6.45) is 2.21. The Morgan fingerprint density at radius 2 is 2.07 bits per heavy atom. The van der Waals surface area contributed by atoms with Crippen molar-refractivity contribution < 1.29 is 18.3 Å². The number of fused-ring (bicyclic) bond motifs is 1. The van der Waals surface area contributed by atoms with E-state index >= 15 is 0 Å². The average Bonchev–Trinajstić information content (AvgIpc) is 3.38. The molecule has 1 aliphatic carbocycles. The Bertz CT molecular complexity index is 991. The maximum atomic E-state index is 13.2. The van der Waals surface area contributed by atoms with E-state index in [1.54, 1.807) is 16.8 Å². The first-order valence-corrected chi connectivity index (χ1v) is 8.68. The number of imidazole rings is 1. The Kier molecular flexibility index (Phi) is 4.37. The van der Waals surface area contributed by atoms with E-state index in [0.717, 1.165) is 17.7 Å². The van der Waals surface area contributed by atoms with E-state index in [-0.39, 0.29) is 11.9 Å². The quantitative estimate of drug-likeness (QED) is 0.659. The molecule has 0 bridgehead atoms. The van der Waals surface area contributed by atoms with Gasteiger partial charge in [-0.25, -0.2) is 23.3 Å². The minimum absolute atomic E-state index is 0.174. The monoisotopic (exact) mass is 375 g/mol. The number of halogens is 2. The maximum absolute atomic E-state index is 13.2. The van der Waals surface area contributed by atoms with Gasteiger partial charge < -0.3 is 9.47 Å². The van der Waals surface area contributed by atoms with Gasteiger partial charge in [0, 0.05) is 17.7 Å². The smallest absolute Gasteiger partial charge is 0.319 e. The number of nitrogens with zero attached hydrogens (tertiary/aromatic N) is 5. The van der Waals surface area contributed by atoms with Gasteiger partial charge in [-0.15, -0.1) is 0 Å². The highest BCUT2D eigenvalue weighted by atomic mass is 19.3. The van der Waals surface area contributed by atoms with Gasteiger partial charge >= 0.3 is 6.01 Å². The highest BCUT2D eigenvalue weighted by molar-refractivity contribution is 5.68. The lowest BCUT2D eigenvalue weighted by molar-refractivity contribution is 0.120. The molecule has 9 heteroatoms. The highest BCUT2D eigenvalue weighted by Crippen LogP contribution is 2.52. The zero-order valence-corrected chi connectivity index (χ0v) is 15.2. The number of ether oxygens (including phenoxy) is 2. The summed E-state index contributed by atoms with van der Waals surface area (Å²) in [5, 5.41) is 4.58. The topological polar surface area (TPSA) is 74.4 Å². The third kappa shape index (κ3) is 3.07. The van der Waals surface area contributed by atoms with Crippen LogP contribution in [0.3, 0.4) is 0 Å². The molecule has 27 heavy (non-hydrogen) atoms. The summed E-state index contributed by atoms with van der Waals surface area (Å²) in [4.78, 5) is 12.9. The van der Waals surface area contributed by atoms with Crippen LogP contribution in [0, 0.1) is 5.92 Å². The summed E-state index contributed by atoms with van der Waals surface area (Å²) in [7, 11) is 2.96. The molecular weight excluding hydrogens is 356 g/mol. The lowest BCUT2D eigenvalue weighted by Gasteiger charge is -2.10. The molecule has 142 valence electrons. The fraction of sp³-hybridized carbons (Fsp3) is 0.444. The van der Waals surface area contributed by atoms with Crippen molar-refractivity contribution in [1.29, 1.82) is 0 Å². The van der Waals surface area contributed by atoms with Gasteiger partial charge in [-0.2, -0.15) is 10.1 Å². The predicted molar refractivity (Wildman–Crippen MR) is 93.3 cm³/mol. The molecule has 4 rings (SSSR count). The van der Waals surface area contributed by atoms with Gasteiger partial charge in [0.05, 0.1) is 37.4 Å². The van der Waals surface area contributed by atoms with Gasteiger partial charge in [0.15, 0.2) is 5.65 Å².